The summed E-state index contributed by atoms with van der Waals surface area (Å²) >= 11 is 0. The highest BCUT2D eigenvalue weighted by atomic mass is 16.4. The fourth-order valence-electron chi connectivity index (χ4n) is 0.565. The zero-order valence-corrected chi connectivity index (χ0v) is 6.91. The molecule has 0 saturated carbocycles. The van der Waals surface area contributed by atoms with E-state index in [0.29, 0.717) is 0 Å². The number of carbonyl (C=O) groups is 2. The van der Waals surface area contributed by atoms with Crippen LogP contribution in [0.4, 0.5) is 0 Å². The topological polar surface area (TPSA) is 86.6 Å². The average molecular weight is 175 g/mol. The van der Waals surface area contributed by atoms with Crippen LogP contribution in [-0.2, 0) is 9.59 Å². The number of rotatable bonds is 1. The molecule has 0 aromatic heterocycles. The predicted octanol–water partition coefficient (Wildman–Crippen LogP) is -0.652. The van der Waals surface area contributed by atoms with E-state index in [9.17, 15) is 9.59 Å². The fraction of sp³-hybridized carbons (Fsp3) is 0.714. The maximum Gasteiger partial charge on any atom is 0.332 e. The van der Waals surface area contributed by atoms with Crippen molar-refractivity contribution in [3.63, 3.8) is 0 Å². The minimum atomic E-state index is -1.23. The largest absolute Gasteiger partial charge is 0.479 e. The van der Waals surface area contributed by atoms with Crippen molar-refractivity contribution in [2.75, 3.05) is 6.54 Å². The van der Waals surface area contributed by atoms with Crippen molar-refractivity contribution in [3.8, 4) is 0 Å². The molecule has 1 atom stereocenters. The third-order valence-electron chi connectivity index (χ3n) is 1.26. The normalized spacial score (nSPS) is 17.3. The van der Waals surface area contributed by atoms with Crippen molar-refractivity contribution < 1.29 is 19.8 Å². The SMILES string of the molecule is CC(O)C(=O)O.O=C1CCCN1. The Morgan fingerprint density at radius 1 is 1.67 bits per heavy atom. The maximum atomic E-state index is 10.1. The molecule has 1 amide bonds. The van der Waals surface area contributed by atoms with Crippen LogP contribution in [0.5, 0.6) is 0 Å². The van der Waals surface area contributed by atoms with Gasteiger partial charge in [0.1, 0.15) is 6.10 Å². The summed E-state index contributed by atoms with van der Waals surface area (Å²) in [7, 11) is 0. The second kappa shape index (κ2) is 5.54. The van der Waals surface area contributed by atoms with Crippen molar-refractivity contribution in [3.05, 3.63) is 0 Å². The number of aliphatic hydroxyl groups is 1. The molecule has 0 aromatic carbocycles. The summed E-state index contributed by atoms with van der Waals surface area (Å²) in [5.74, 6) is -0.981. The molecule has 5 heteroatoms. The summed E-state index contributed by atoms with van der Waals surface area (Å²) in [6.07, 6.45) is 0.531. The van der Waals surface area contributed by atoms with Crippen LogP contribution in [0, 0.1) is 0 Å². The molecule has 1 fully saturated rings. The van der Waals surface area contributed by atoms with Crippen LogP contribution in [0.1, 0.15) is 19.8 Å². The van der Waals surface area contributed by atoms with Crippen molar-refractivity contribution in [1.82, 2.24) is 5.32 Å². The third kappa shape index (κ3) is 5.67. The molecule has 1 rings (SSSR count). The zero-order chi connectivity index (χ0) is 9.56. The molecule has 1 heterocycles. The fourth-order valence-corrected chi connectivity index (χ4v) is 0.565. The van der Waals surface area contributed by atoms with Gasteiger partial charge in [-0.05, 0) is 13.3 Å². The van der Waals surface area contributed by atoms with Crippen LogP contribution >= 0.6 is 0 Å². The van der Waals surface area contributed by atoms with Gasteiger partial charge in [0.05, 0.1) is 0 Å². The first kappa shape index (κ1) is 10.9. The number of hydrogen-bond donors (Lipinski definition) is 3. The summed E-state index contributed by atoms with van der Waals surface area (Å²) < 4.78 is 0. The van der Waals surface area contributed by atoms with Crippen LogP contribution in [0.25, 0.3) is 0 Å². The van der Waals surface area contributed by atoms with E-state index in [0.717, 1.165) is 19.4 Å². The lowest BCUT2D eigenvalue weighted by molar-refractivity contribution is -0.145. The number of carboxylic acids is 1. The Kier molecular flexibility index (Phi) is 5.03. The Morgan fingerprint density at radius 3 is 2.25 bits per heavy atom. The van der Waals surface area contributed by atoms with Gasteiger partial charge in [0.15, 0.2) is 0 Å². The summed E-state index contributed by atoms with van der Waals surface area (Å²) in [6.45, 7) is 2.08. The van der Waals surface area contributed by atoms with Gasteiger partial charge in [0.2, 0.25) is 5.91 Å². The molecule has 5 nitrogen and oxygen atoms in total. The Morgan fingerprint density at radius 2 is 2.17 bits per heavy atom. The first-order valence-corrected chi connectivity index (χ1v) is 3.71. The van der Waals surface area contributed by atoms with Gasteiger partial charge >= 0.3 is 5.97 Å². The summed E-state index contributed by atoms with van der Waals surface area (Å²) in [5, 5.41) is 18.5. The van der Waals surface area contributed by atoms with Crippen molar-refractivity contribution in [2.45, 2.75) is 25.9 Å². The first-order chi connectivity index (χ1) is 5.54. The number of amides is 1. The van der Waals surface area contributed by atoms with Crippen LogP contribution in [0.2, 0.25) is 0 Å². The second-order valence-corrected chi connectivity index (χ2v) is 2.47. The Balaban J connectivity index is 0.000000202. The lowest BCUT2D eigenvalue weighted by Crippen LogP contribution is -2.13. The number of carbonyl (C=O) groups excluding carboxylic acids is 1. The highest BCUT2D eigenvalue weighted by Gasteiger charge is 2.05. The number of carboxylic acid groups (broad SMARTS) is 1. The molecular weight excluding hydrogens is 162 g/mol. The van der Waals surface area contributed by atoms with E-state index in [2.05, 4.69) is 5.32 Å². The minimum absolute atomic E-state index is 0.204. The number of hydrogen-bond acceptors (Lipinski definition) is 3. The van der Waals surface area contributed by atoms with Gasteiger partial charge in [-0.1, -0.05) is 0 Å². The average Bonchev–Trinajstić information content (AvgIpc) is 2.40. The summed E-state index contributed by atoms with van der Waals surface area (Å²) in [4.78, 5) is 19.6. The van der Waals surface area contributed by atoms with Gasteiger partial charge in [0.25, 0.3) is 0 Å². The monoisotopic (exact) mass is 175 g/mol. The molecule has 1 saturated heterocycles. The second-order valence-electron chi connectivity index (χ2n) is 2.47. The molecule has 1 aliphatic heterocycles. The number of aliphatic hydroxyl groups excluding tert-OH is 1. The smallest absolute Gasteiger partial charge is 0.332 e. The van der Waals surface area contributed by atoms with Crippen molar-refractivity contribution in [1.29, 1.82) is 0 Å². The third-order valence-corrected chi connectivity index (χ3v) is 1.26. The van der Waals surface area contributed by atoms with Crippen LogP contribution in [0.3, 0.4) is 0 Å². The molecule has 0 radical (unpaired) electrons. The Bertz CT molecular complexity index is 157. The molecule has 12 heavy (non-hydrogen) atoms. The van der Waals surface area contributed by atoms with E-state index in [1.165, 1.54) is 6.92 Å². The van der Waals surface area contributed by atoms with Crippen LogP contribution < -0.4 is 5.32 Å². The van der Waals surface area contributed by atoms with E-state index in [1.54, 1.807) is 0 Å². The molecular formula is C7H13NO4. The van der Waals surface area contributed by atoms with Gasteiger partial charge in [-0.3, -0.25) is 4.79 Å². The standard InChI is InChI=1S/C4H7NO.C3H6O3/c6-4-2-1-3-5-4;1-2(4)3(5)6/h1-3H2,(H,5,6);2,4H,1H3,(H,5,6). The van der Waals surface area contributed by atoms with Gasteiger partial charge in [-0.25, -0.2) is 4.79 Å². The molecule has 0 aliphatic carbocycles. The lowest BCUT2D eigenvalue weighted by atomic mass is 10.4. The molecule has 1 unspecified atom stereocenters. The Labute approximate surface area is 70.4 Å². The van der Waals surface area contributed by atoms with Crippen molar-refractivity contribution >= 4 is 11.9 Å². The van der Waals surface area contributed by atoms with Crippen molar-refractivity contribution in [2.24, 2.45) is 0 Å². The van der Waals surface area contributed by atoms with Gasteiger partial charge < -0.3 is 15.5 Å². The van der Waals surface area contributed by atoms with E-state index >= 15 is 0 Å². The molecule has 0 bridgehead atoms. The van der Waals surface area contributed by atoms with Crippen LogP contribution in [0.15, 0.2) is 0 Å². The lowest BCUT2D eigenvalue weighted by Gasteiger charge is -1.89. The van der Waals surface area contributed by atoms with E-state index in [1.807, 2.05) is 0 Å². The van der Waals surface area contributed by atoms with Gasteiger partial charge in [0, 0.05) is 13.0 Å². The molecule has 3 N–H and O–H groups in total. The minimum Gasteiger partial charge on any atom is -0.479 e. The first-order valence-electron chi connectivity index (χ1n) is 3.71. The van der Waals surface area contributed by atoms with Crippen LogP contribution in [-0.4, -0.2) is 34.7 Å². The summed E-state index contributed by atoms with van der Waals surface area (Å²) in [5.41, 5.74) is 0. The summed E-state index contributed by atoms with van der Waals surface area (Å²) in [6, 6.07) is 0. The van der Waals surface area contributed by atoms with E-state index in [-0.39, 0.29) is 5.91 Å². The van der Waals surface area contributed by atoms with Gasteiger partial charge in [-0.15, -0.1) is 0 Å². The Hall–Kier alpha value is -1.10. The van der Waals surface area contributed by atoms with E-state index in [4.69, 9.17) is 10.2 Å². The predicted molar refractivity (Wildman–Crippen MR) is 41.6 cm³/mol. The van der Waals surface area contributed by atoms with E-state index < -0.39 is 12.1 Å². The highest BCUT2D eigenvalue weighted by Crippen LogP contribution is 1.93. The zero-order valence-electron chi connectivity index (χ0n) is 6.91. The van der Waals surface area contributed by atoms with Gasteiger partial charge in [-0.2, -0.15) is 0 Å². The number of nitrogens with one attached hydrogen (secondary N) is 1. The molecule has 0 spiro atoms. The molecule has 70 valence electrons. The number of aliphatic carboxylic acids is 1. The molecule has 0 aromatic rings. The quantitative estimate of drug-likeness (QED) is 0.494. The maximum absolute atomic E-state index is 10.1. The highest BCUT2D eigenvalue weighted by molar-refractivity contribution is 5.77. The molecule has 1 aliphatic rings.